The van der Waals surface area contributed by atoms with Crippen LogP contribution >= 0.6 is 0 Å². The van der Waals surface area contributed by atoms with Crippen molar-refractivity contribution in [3.05, 3.63) is 11.6 Å². The molecule has 0 aromatic carbocycles. The SMILES string of the molecule is CC(=O)OCC=C1CC[C@H]2[C@@H]3CCC4CCCC[C@]4(C)[C@H]3CC[C@]12C. The van der Waals surface area contributed by atoms with Gasteiger partial charge in [-0.1, -0.05) is 32.3 Å². The molecule has 0 spiro atoms. The van der Waals surface area contributed by atoms with Gasteiger partial charge in [0.15, 0.2) is 0 Å². The zero-order valence-electron chi connectivity index (χ0n) is 16.5. The molecule has 0 saturated heterocycles. The van der Waals surface area contributed by atoms with Gasteiger partial charge in [0.25, 0.3) is 0 Å². The summed E-state index contributed by atoms with van der Waals surface area (Å²) in [6, 6.07) is 0. The molecule has 1 unspecified atom stereocenters. The van der Waals surface area contributed by atoms with Gasteiger partial charge in [0.1, 0.15) is 6.61 Å². The fourth-order valence-corrected chi connectivity index (χ4v) is 7.74. The van der Waals surface area contributed by atoms with E-state index in [-0.39, 0.29) is 5.97 Å². The third-order valence-electron chi connectivity index (χ3n) is 9.05. The van der Waals surface area contributed by atoms with Crippen LogP contribution in [0.5, 0.6) is 0 Å². The summed E-state index contributed by atoms with van der Waals surface area (Å²) in [5.41, 5.74) is 2.60. The number of fused-ring (bicyclic) bond motifs is 5. The zero-order valence-corrected chi connectivity index (χ0v) is 16.5. The Balaban J connectivity index is 1.54. The molecule has 0 bridgehead atoms. The number of hydrogen-bond acceptors (Lipinski definition) is 2. The van der Waals surface area contributed by atoms with Crippen molar-refractivity contribution in [1.82, 2.24) is 0 Å². The van der Waals surface area contributed by atoms with Crippen LogP contribution in [0.4, 0.5) is 0 Å². The van der Waals surface area contributed by atoms with Crippen LogP contribution in [0, 0.1) is 34.5 Å². The first kappa shape index (κ1) is 17.6. The number of allylic oxidation sites excluding steroid dienone is 1. The van der Waals surface area contributed by atoms with Gasteiger partial charge >= 0.3 is 5.97 Å². The van der Waals surface area contributed by atoms with Crippen molar-refractivity contribution in [2.45, 2.75) is 85.0 Å². The van der Waals surface area contributed by atoms with Gasteiger partial charge in [-0.25, -0.2) is 0 Å². The highest BCUT2D eigenvalue weighted by molar-refractivity contribution is 5.66. The molecule has 2 nitrogen and oxygen atoms in total. The average molecular weight is 345 g/mol. The van der Waals surface area contributed by atoms with Gasteiger partial charge in [0.05, 0.1) is 0 Å². The molecule has 0 N–H and O–H groups in total. The molecule has 0 heterocycles. The summed E-state index contributed by atoms with van der Waals surface area (Å²) in [5.74, 6) is 3.63. The van der Waals surface area contributed by atoms with Crippen LogP contribution in [-0.4, -0.2) is 12.6 Å². The fraction of sp³-hybridized carbons (Fsp3) is 0.870. The van der Waals surface area contributed by atoms with Crippen LogP contribution in [0.15, 0.2) is 11.6 Å². The normalized spacial score (nSPS) is 47.7. The minimum Gasteiger partial charge on any atom is -0.462 e. The van der Waals surface area contributed by atoms with Crippen molar-refractivity contribution >= 4 is 5.97 Å². The zero-order chi connectivity index (χ0) is 17.7. The Kier molecular flexibility index (Phi) is 4.53. The minimum absolute atomic E-state index is 0.163. The molecule has 140 valence electrons. The van der Waals surface area contributed by atoms with E-state index in [1.54, 1.807) is 5.57 Å². The van der Waals surface area contributed by atoms with Crippen molar-refractivity contribution in [2.24, 2.45) is 34.5 Å². The first-order chi connectivity index (χ1) is 11.9. The maximum atomic E-state index is 11.1. The van der Waals surface area contributed by atoms with E-state index in [2.05, 4.69) is 19.9 Å². The van der Waals surface area contributed by atoms with Crippen molar-refractivity contribution in [3.8, 4) is 0 Å². The molecule has 6 atom stereocenters. The number of carbonyl (C=O) groups is 1. The number of ether oxygens (including phenoxy) is 1. The van der Waals surface area contributed by atoms with Gasteiger partial charge in [-0.3, -0.25) is 4.79 Å². The fourth-order valence-electron chi connectivity index (χ4n) is 7.74. The third-order valence-corrected chi connectivity index (χ3v) is 9.05. The minimum atomic E-state index is -0.163. The smallest absolute Gasteiger partial charge is 0.302 e. The molecule has 4 aliphatic rings. The lowest BCUT2D eigenvalue weighted by molar-refractivity contribution is -0.139. The largest absolute Gasteiger partial charge is 0.462 e. The molecule has 0 radical (unpaired) electrons. The molecule has 4 aliphatic carbocycles. The first-order valence-electron chi connectivity index (χ1n) is 10.8. The second kappa shape index (κ2) is 6.43. The van der Waals surface area contributed by atoms with E-state index in [0.29, 0.717) is 17.4 Å². The Morgan fingerprint density at radius 3 is 2.72 bits per heavy atom. The molecule has 0 aromatic rings. The summed E-state index contributed by atoms with van der Waals surface area (Å²) in [7, 11) is 0. The predicted octanol–water partition coefficient (Wildman–Crippen LogP) is 5.91. The summed E-state index contributed by atoms with van der Waals surface area (Å²) < 4.78 is 5.21. The Hall–Kier alpha value is -0.790. The van der Waals surface area contributed by atoms with Gasteiger partial charge in [-0.15, -0.1) is 0 Å². The molecule has 4 rings (SSSR count). The summed E-state index contributed by atoms with van der Waals surface area (Å²) in [5, 5.41) is 0. The van der Waals surface area contributed by atoms with Gasteiger partial charge in [-0.2, -0.15) is 0 Å². The van der Waals surface area contributed by atoms with E-state index in [1.165, 1.54) is 71.1 Å². The molecule has 0 aliphatic heterocycles. The third kappa shape index (κ3) is 2.79. The van der Waals surface area contributed by atoms with Crippen LogP contribution in [0.3, 0.4) is 0 Å². The second-order valence-electron chi connectivity index (χ2n) is 9.93. The molecular weight excluding hydrogens is 308 g/mol. The summed E-state index contributed by atoms with van der Waals surface area (Å²) in [4.78, 5) is 11.1. The van der Waals surface area contributed by atoms with E-state index < -0.39 is 0 Å². The van der Waals surface area contributed by atoms with Gasteiger partial charge in [-0.05, 0) is 91.9 Å². The first-order valence-corrected chi connectivity index (χ1v) is 10.8. The molecule has 0 amide bonds. The van der Waals surface area contributed by atoms with Gasteiger partial charge in [0, 0.05) is 6.92 Å². The van der Waals surface area contributed by atoms with Gasteiger partial charge < -0.3 is 4.74 Å². The summed E-state index contributed by atoms with van der Waals surface area (Å²) >= 11 is 0. The predicted molar refractivity (Wildman–Crippen MR) is 101 cm³/mol. The second-order valence-corrected chi connectivity index (χ2v) is 9.93. The van der Waals surface area contributed by atoms with Crippen LogP contribution in [-0.2, 0) is 9.53 Å². The quantitative estimate of drug-likeness (QED) is 0.460. The number of esters is 1. The monoisotopic (exact) mass is 344 g/mol. The molecule has 4 saturated carbocycles. The van der Waals surface area contributed by atoms with Crippen molar-refractivity contribution in [1.29, 1.82) is 0 Å². The number of carbonyl (C=O) groups excluding carboxylic acids is 1. The Morgan fingerprint density at radius 2 is 1.92 bits per heavy atom. The molecule has 4 fully saturated rings. The van der Waals surface area contributed by atoms with E-state index in [4.69, 9.17) is 4.74 Å². The van der Waals surface area contributed by atoms with E-state index in [0.717, 1.165) is 23.7 Å². The lowest BCUT2D eigenvalue weighted by atomic mass is 9.45. The topological polar surface area (TPSA) is 26.3 Å². The standard InChI is InChI=1S/C23H36O2/c1-16(24)25-15-12-18-8-10-20-19-9-7-17-6-4-5-13-22(17,2)21(19)11-14-23(18,20)3/h12,17,19-21H,4-11,13-15H2,1-3H3/t17?,19-,20-,21-,22-,23+/m0/s1. The van der Waals surface area contributed by atoms with Gasteiger partial charge in [0.2, 0.25) is 0 Å². The summed E-state index contributed by atoms with van der Waals surface area (Å²) in [6.07, 6.45) is 16.5. The van der Waals surface area contributed by atoms with Crippen LogP contribution < -0.4 is 0 Å². The average Bonchev–Trinajstić information content (AvgIpc) is 2.91. The molecule has 25 heavy (non-hydrogen) atoms. The van der Waals surface area contributed by atoms with E-state index in [1.807, 2.05) is 0 Å². The lowest BCUT2D eigenvalue weighted by Gasteiger charge is -2.60. The molecule has 0 aromatic heterocycles. The van der Waals surface area contributed by atoms with Crippen LogP contribution in [0.2, 0.25) is 0 Å². The van der Waals surface area contributed by atoms with E-state index in [9.17, 15) is 4.79 Å². The lowest BCUT2D eigenvalue weighted by Crippen LogP contribution is -2.52. The highest BCUT2D eigenvalue weighted by Crippen LogP contribution is 2.67. The highest BCUT2D eigenvalue weighted by Gasteiger charge is 2.58. The Morgan fingerprint density at radius 1 is 1.08 bits per heavy atom. The number of rotatable bonds is 2. The number of hydrogen-bond donors (Lipinski definition) is 0. The Bertz CT molecular complexity index is 564. The van der Waals surface area contributed by atoms with Crippen molar-refractivity contribution in [2.75, 3.05) is 6.61 Å². The van der Waals surface area contributed by atoms with Crippen LogP contribution in [0.25, 0.3) is 0 Å². The maximum absolute atomic E-state index is 11.1. The van der Waals surface area contributed by atoms with E-state index >= 15 is 0 Å². The molecule has 2 heteroatoms. The maximum Gasteiger partial charge on any atom is 0.302 e. The van der Waals surface area contributed by atoms with Crippen molar-refractivity contribution < 1.29 is 9.53 Å². The Labute approximate surface area is 153 Å². The van der Waals surface area contributed by atoms with Crippen LogP contribution in [0.1, 0.15) is 85.0 Å². The molecular formula is C23H36O2. The highest BCUT2D eigenvalue weighted by atomic mass is 16.5. The summed E-state index contributed by atoms with van der Waals surface area (Å²) in [6.45, 7) is 7.16. The van der Waals surface area contributed by atoms with Crippen molar-refractivity contribution in [3.63, 3.8) is 0 Å².